The molecule has 0 spiro atoms. The molecule has 4 heteroatoms. The van der Waals surface area contributed by atoms with Crippen molar-refractivity contribution in [3.05, 3.63) is 59.7 Å². The predicted octanol–water partition coefficient (Wildman–Crippen LogP) is 4.52. The maximum atomic E-state index is 13.0. The van der Waals surface area contributed by atoms with Crippen LogP contribution in [0.25, 0.3) is 0 Å². The zero-order chi connectivity index (χ0) is 18.5. The normalized spacial score (nSPS) is 16.6. The van der Waals surface area contributed by atoms with Crippen LogP contribution in [0.3, 0.4) is 0 Å². The summed E-state index contributed by atoms with van der Waals surface area (Å²) in [5.74, 6) is 0.962. The molecule has 138 valence electrons. The number of rotatable bonds is 6. The second-order valence-corrected chi connectivity index (χ2v) is 6.90. The van der Waals surface area contributed by atoms with Crippen molar-refractivity contribution < 1.29 is 9.53 Å². The van der Waals surface area contributed by atoms with Gasteiger partial charge >= 0.3 is 0 Å². The number of hydrogen-bond donors (Lipinski definition) is 0. The molecule has 26 heavy (non-hydrogen) atoms. The minimum atomic E-state index is 0.119. The van der Waals surface area contributed by atoms with Gasteiger partial charge in [0.25, 0.3) is 5.91 Å². The van der Waals surface area contributed by atoms with Gasteiger partial charge in [0.15, 0.2) is 0 Å². The fraction of sp³-hybridized carbons (Fsp3) is 0.409. The van der Waals surface area contributed by atoms with Gasteiger partial charge in [0.1, 0.15) is 5.75 Å². The third-order valence-corrected chi connectivity index (χ3v) is 5.13. The van der Waals surface area contributed by atoms with E-state index in [-0.39, 0.29) is 11.9 Å². The summed E-state index contributed by atoms with van der Waals surface area (Å²) in [6.45, 7) is 3.99. The average molecular weight is 352 g/mol. The Bertz CT molecular complexity index is 725. The van der Waals surface area contributed by atoms with Crippen molar-refractivity contribution in [2.24, 2.45) is 0 Å². The fourth-order valence-electron chi connectivity index (χ4n) is 3.67. The number of nitrogens with zero attached hydrogens (tertiary/aromatic N) is 2. The number of likely N-dealkylation sites (tertiary alicyclic amines) is 1. The quantitative estimate of drug-likeness (QED) is 0.766. The molecular weight excluding hydrogens is 324 g/mol. The second kappa shape index (κ2) is 8.26. The van der Waals surface area contributed by atoms with Crippen LogP contribution in [0.1, 0.15) is 48.1 Å². The van der Waals surface area contributed by atoms with Crippen LogP contribution in [-0.4, -0.2) is 38.1 Å². The summed E-state index contributed by atoms with van der Waals surface area (Å²) in [6, 6.07) is 16.2. The molecule has 0 radical (unpaired) electrons. The summed E-state index contributed by atoms with van der Waals surface area (Å²) in [6.07, 6.45) is 3.16. The van der Waals surface area contributed by atoms with Crippen molar-refractivity contribution in [2.75, 3.05) is 32.1 Å². The van der Waals surface area contributed by atoms with Crippen LogP contribution in [-0.2, 0) is 0 Å². The highest BCUT2D eigenvalue weighted by Gasteiger charge is 2.30. The van der Waals surface area contributed by atoms with Crippen molar-refractivity contribution >= 4 is 11.6 Å². The van der Waals surface area contributed by atoms with Crippen LogP contribution in [0.5, 0.6) is 5.75 Å². The highest BCUT2D eigenvalue weighted by Crippen LogP contribution is 2.34. The number of hydrogen-bond acceptors (Lipinski definition) is 3. The number of anilines is 1. The highest BCUT2D eigenvalue weighted by atomic mass is 16.5. The summed E-state index contributed by atoms with van der Waals surface area (Å²) in [4.78, 5) is 17.3. The van der Waals surface area contributed by atoms with Gasteiger partial charge in [-0.1, -0.05) is 19.1 Å². The molecule has 4 nitrogen and oxygen atoms in total. The van der Waals surface area contributed by atoms with E-state index in [1.807, 2.05) is 41.3 Å². The number of benzene rings is 2. The average Bonchev–Trinajstić information content (AvgIpc) is 3.17. The Hall–Kier alpha value is -2.49. The van der Waals surface area contributed by atoms with Crippen LogP contribution in [0.15, 0.2) is 48.5 Å². The Kier molecular flexibility index (Phi) is 5.82. The first-order chi connectivity index (χ1) is 12.6. The SMILES string of the molecule is CCCN(C)c1ccc(C(=O)N2CCC[C@@H]2c2ccc(OC)cc2)cc1. The molecule has 2 aromatic carbocycles. The Labute approximate surface area is 156 Å². The van der Waals surface area contributed by atoms with Gasteiger partial charge in [-0.25, -0.2) is 0 Å². The zero-order valence-electron chi connectivity index (χ0n) is 15.9. The van der Waals surface area contributed by atoms with Crippen LogP contribution >= 0.6 is 0 Å². The summed E-state index contributed by atoms with van der Waals surface area (Å²) < 4.78 is 5.24. The summed E-state index contributed by atoms with van der Waals surface area (Å²) >= 11 is 0. The second-order valence-electron chi connectivity index (χ2n) is 6.90. The van der Waals surface area contributed by atoms with E-state index in [0.29, 0.717) is 0 Å². The van der Waals surface area contributed by atoms with Gasteiger partial charge in [-0.3, -0.25) is 4.79 Å². The summed E-state index contributed by atoms with van der Waals surface area (Å²) in [7, 11) is 3.75. The van der Waals surface area contributed by atoms with E-state index in [1.54, 1.807) is 7.11 Å². The van der Waals surface area contributed by atoms with Gasteiger partial charge < -0.3 is 14.5 Å². The van der Waals surface area contributed by atoms with Gasteiger partial charge in [-0.2, -0.15) is 0 Å². The fourth-order valence-corrected chi connectivity index (χ4v) is 3.67. The van der Waals surface area contributed by atoms with Gasteiger partial charge in [0.2, 0.25) is 0 Å². The molecule has 1 aliphatic heterocycles. The standard InChI is InChI=1S/C22H28N2O2/c1-4-15-23(2)19-11-7-18(8-12-19)22(25)24-16-5-6-21(24)17-9-13-20(26-3)14-10-17/h7-14,21H,4-6,15-16H2,1-3H3/t21-/m1/s1. The summed E-state index contributed by atoms with van der Waals surface area (Å²) in [5, 5.41) is 0. The Morgan fingerprint density at radius 3 is 2.46 bits per heavy atom. The smallest absolute Gasteiger partial charge is 0.254 e. The van der Waals surface area contributed by atoms with E-state index < -0.39 is 0 Å². The molecule has 0 aliphatic carbocycles. The van der Waals surface area contributed by atoms with Crippen molar-refractivity contribution in [2.45, 2.75) is 32.2 Å². The number of carbonyl (C=O) groups excluding carboxylic acids is 1. The molecule has 0 saturated carbocycles. The lowest BCUT2D eigenvalue weighted by Gasteiger charge is -2.26. The molecule has 1 aliphatic rings. The molecule has 0 aromatic heterocycles. The molecule has 1 amide bonds. The maximum Gasteiger partial charge on any atom is 0.254 e. The van der Waals surface area contributed by atoms with Crippen molar-refractivity contribution in [1.29, 1.82) is 0 Å². The molecule has 1 saturated heterocycles. The maximum absolute atomic E-state index is 13.0. The van der Waals surface area contributed by atoms with Gasteiger partial charge in [0.05, 0.1) is 13.2 Å². The molecule has 0 unspecified atom stereocenters. The number of ether oxygens (including phenoxy) is 1. The lowest BCUT2D eigenvalue weighted by atomic mass is 10.0. The van der Waals surface area contributed by atoms with E-state index >= 15 is 0 Å². The third-order valence-electron chi connectivity index (χ3n) is 5.13. The lowest BCUT2D eigenvalue weighted by molar-refractivity contribution is 0.0735. The van der Waals surface area contributed by atoms with Crippen molar-refractivity contribution in [3.63, 3.8) is 0 Å². The first kappa shape index (κ1) is 18.3. The molecule has 1 heterocycles. The monoisotopic (exact) mass is 352 g/mol. The van der Waals surface area contributed by atoms with E-state index in [1.165, 1.54) is 5.56 Å². The van der Waals surface area contributed by atoms with Gasteiger partial charge in [0, 0.05) is 31.4 Å². The Morgan fingerprint density at radius 2 is 1.85 bits per heavy atom. The highest BCUT2D eigenvalue weighted by molar-refractivity contribution is 5.95. The minimum Gasteiger partial charge on any atom is -0.497 e. The zero-order valence-corrected chi connectivity index (χ0v) is 15.9. The molecular formula is C22H28N2O2. The summed E-state index contributed by atoms with van der Waals surface area (Å²) in [5.41, 5.74) is 3.09. The molecule has 2 aromatic rings. The van der Waals surface area contributed by atoms with Crippen molar-refractivity contribution in [1.82, 2.24) is 4.90 Å². The van der Waals surface area contributed by atoms with Crippen molar-refractivity contribution in [3.8, 4) is 5.75 Å². The minimum absolute atomic E-state index is 0.119. The van der Waals surface area contributed by atoms with Crippen LogP contribution in [0.2, 0.25) is 0 Å². The van der Waals surface area contributed by atoms with E-state index in [4.69, 9.17) is 4.74 Å². The Morgan fingerprint density at radius 1 is 1.15 bits per heavy atom. The molecule has 1 fully saturated rings. The number of amides is 1. The first-order valence-electron chi connectivity index (χ1n) is 9.40. The molecule has 1 atom stereocenters. The number of carbonyl (C=O) groups is 1. The largest absolute Gasteiger partial charge is 0.497 e. The molecule has 0 bridgehead atoms. The first-order valence-corrected chi connectivity index (χ1v) is 9.40. The van der Waals surface area contributed by atoms with Crippen LogP contribution < -0.4 is 9.64 Å². The topological polar surface area (TPSA) is 32.8 Å². The van der Waals surface area contributed by atoms with E-state index in [9.17, 15) is 4.79 Å². The van der Waals surface area contributed by atoms with Gasteiger partial charge in [-0.05, 0) is 61.2 Å². The predicted molar refractivity (Wildman–Crippen MR) is 106 cm³/mol. The molecule has 0 N–H and O–H groups in total. The van der Waals surface area contributed by atoms with Crippen LogP contribution in [0, 0.1) is 0 Å². The lowest BCUT2D eigenvalue weighted by Crippen LogP contribution is -2.30. The van der Waals surface area contributed by atoms with E-state index in [0.717, 1.165) is 49.4 Å². The number of methoxy groups -OCH3 is 1. The van der Waals surface area contributed by atoms with E-state index in [2.05, 4.69) is 31.0 Å². The van der Waals surface area contributed by atoms with Gasteiger partial charge in [-0.15, -0.1) is 0 Å². The molecule has 3 rings (SSSR count). The van der Waals surface area contributed by atoms with Crippen LogP contribution in [0.4, 0.5) is 5.69 Å². The third kappa shape index (κ3) is 3.85. The Balaban J connectivity index is 1.75.